The van der Waals surface area contributed by atoms with E-state index in [1.165, 1.54) is 17.5 Å². The molecule has 4 heteroatoms. The Kier molecular flexibility index (Phi) is 4.93. The molecule has 106 valence electrons. The standard InChI is InChI=1S/C16H22N4/c1-3-7-14-15(17)19-11-20-16(14)18-10-13-9-6-5-8-12(13)4-2/h5-6,8-9,11H,3-4,7,10H2,1-2H3,(H3,17,18,19,20). The first-order valence-electron chi connectivity index (χ1n) is 7.16. The van der Waals surface area contributed by atoms with Crippen LogP contribution in [-0.4, -0.2) is 9.97 Å². The molecule has 0 fully saturated rings. The number of aryl methyl sites for hydroxylation is 1. The molecule has 0 unspecified atom stereocenters. The third-order valence-corrected chi connectivity index (χ3v) is 3.42. The summed E-state index contributed by atoms with van der Waals surface area (Å²) in [6, 6.07) is 8.46. The topological polar surface area (TPSA) is 63.8 Å². The van der Waals surface area contributed by atoms with Gasteiger partial charge in [0.2, 0.25) is 0 Å². The molecule has 1 aromatic carbocycles. The molecule has 0 saturated carbocycles. The lowest BCUT2D eigenvalue weighted by molar-refractivity contribution is 0.900. The molecular formula is C16H22N4. The molecule has 0 amide bonds. The maximum absolute atomic E-state index is 5.94. The van der Waals surface area contributed by atoms with Crippen molar-refractivity contribution in [2.75, 3.05) is 11.1 Å². The van der Waals surface area contributed by atoms with E-state index in [9.17, 15) is 0 Å². The van der Waals surface area contributed by atoms with Crippen molar-refractivity contribution in [3.63, 3.8) is 0 Å². The fourth-order valence-corrected chi connectivity index (χ4v) is 2.33. The first-order chi connectivity index (χ1) is 9.76. The number of nitrogens with one attached hydrogen (secondary N) is 1. The van der Waals surface area contributed by atoms with Crippen LogP contribution in [-0.2, 0) is 19.4 Å². The summed E-state index contributed by atoms with van der Waals surface area (Å²) in [7, 11) is 0. The predicted octanol–water partition coefficient (Wildman–Crippen LogP) is 3.19. The van der Waals surface area contributed by atoms with E-state index in [1.807, 2.05) is 0 Å². The molecule has 0 aliphatic heterocycles. The third-order valence-electron chi connectivity index (χ3n) is 3.42. The van der Waals surface area contributed by atoms with Crippen LogP contribution in [0.5, 0.6) is 0 Å². The Morgan fingerprint density at radius 2 is 1.85 bits per heavy atom. The van der Waals surface area contributed by atoms with Gasteiger partial charge >= 0.3 is 0 Å². The monoisotopic (exact) mass is 270 g/mol. The first kappa shape index (κ1) is 14.3. The van der Waals surface area contributed by atoms with Gasteiger partial charge in [-0.25, -0.2) is 9.97 Å². The van der Waals surface area contributed by atoms with Gasteiger partial charge in [-0.2, -0.15) is 0 Å². The Labute approximate surface area is 120 Å². The quantitative estimate of drug-likeness (QED) is 0.846. The van der Waals surface area contributed by atoms with Gasteiger partial charge in [-0.1, -0.05) is 44.5 Å². The summed E-state index contributed by atoms with van der Waals surface area (Å²) in [5.41, 5.74) is 9.62. The van der Waals surface area contributed by atoms with Gasteiger partial charge in [0.1, 0.15) is 18.0 Å². The lowest BCUT2D eigenvalue weighted by atomic mass is 10.1. The van der Waals surface area contributed by atoms with E-state index >= 15 is 0 Å². The maximum Gasteiger partial charge on any atom is 0.134 e. The number of rotatable bonds is 6. The highest BCUT2D eigenvalue weighted by atomic mass is 15.0. The highest BCUT2D eigenvalue weighted by molar-refractivity contribution is 5.55. The van der Waals surface area contributed by atoms with Crippen molar-refractivity contribution in [3.05, 3.63) is 47.3 Å². The van der Waals surface area contributed by atoms with Crippen LogP contribution >= 0.6 is 0 Å². The fraction of sp³-hybridized carbons (Fsp3) is 0.375. The van der Waals surface area contributed by atoms with Crippen molar-refractivity contribution in [2.45, 2.75) is 39.7 Å². The van der Waals surface area contributed by atoms with Crippen LogP contribution in [0.15, 0.2) is 30.6 Å². The number of hydrogen-bond acceptors (Lipinski definition) is 4. The second-order valence-corrected chi connectivity index (χ2v) is 4.81. The summed E-state index contributed by atoms with van der Waals surface area (Å²) in [5, 5.41) is 3.40. The SMILES string of the molecule is CCCc1c(N)ncnc1NCc1ccccc1CC. The van der Waals surface area contributed by atoms with Crippen LogP contribution in [0.25, 0.3) is 0 Å². The van der Waals surface area contributed by atoms with Gasteiger partial charge in [-0.15, -0.1) is 0 Å². The second kappa shape index (κ2) is 6.89. The van der Waals surface area contributed by atoms with Crippen LogP contribution in [0.4, 0.5) is 11.6 Å². The Morgan fingerprint density at radius 1 is 1.10 bits per heavy atom. The van der Waals surface area contributed by atoms with Gasteiger partial charge in [-0.3, -0.25) is 0 Å². The Balaban J connectivity index is 2.16. The van der Waals surface area contributed by atoms with Crippen LogP contribution in [0.2, 0.25) is 0 Å². The molecule has 2 rings (SSSR count). The molecular weight excluding hydrogens is 248 g/mol. The van der Waals surface area contributed by atoms with Crippen molar-refractivity contribution in [2.24, 2.45) is 0 Å². The highest BCUT2D eigenvalue weighted by Gasteiger charge is 2.08. The van der Waals surface area contributed by atoms with Crippen molar-refractivity contribution >= 4 is 11.6 Å². The Hall–Kier alpha value is -2.10. The summed E-state index contributed by atoms with van der Waals surface area (Å²) in [6.07, 6.45) is 4.47. The van der Waals surface area contributed by atoms with E-state index in [4.69, 9.17) is 5.73 Å². The van der Waals surface area contributed by atoms with E-state index in [0.717, 1.165) is 37.2 Å². The molecule has 0 saturated heterocycles. The van der Waals surface area contributed by atoms with Crippen molar-refractivity contribution < 1.29 is 0 Å². The molecule has 0 aliphatic rings. The highest BCUT2D eigenvalue weighted by Crippen LogP contribution is 2.20. The van der Waals surface area contributed by atoms with Gasteiger partial charge in [0.05, 0.1) is 0 Å². The van der Waals surface area contributed by atoms with Crippen LogP contribution in [0, 0.1) is 0 Å². The van der Waals surface area contributed by atoms with E-state index < -0.39 is 0 Å². The Bertz CT molecular complexity index is 566. The molecule has 0 spiro atoms. The van der Waals surface area contributed by atoms with Gasteiger partial charge < -0.3 is 11.1 Å². The van der Waals surface area contributed by atoms with E-state index in [0.29, 0.717) is 5.82 Å². The average molecular weight is 270 g/mol. The molecule has 1 aromatic heterocycles. The van der Waals surface area contributed by atoms with E-state index in [-0.39, 0.29) is 0 Å². The van der Waals surface area contributed by atoms with E-state index in [1.54, 1.807) is 0 Å². The molecule has 4 nitrogen and oxygen atoms in total. The molecule has 0 atom stereocenters. The summed E-state index contributed by atoms with van der Waals surface area (Å²) in [4.78, 5) is 8.40. The van der Waals surface area contributed by atoms with Gasteiger partial charge in [0.15, 0.2) is 0 Å². The number of aromatic nitrogens is 2. The van der Waals surface area contributed by atoms with Crippen molar-refractivity contribution in [3.8, 4) is 0 Å². The minimum atomic E-state index is 0.577. The largest absolute Gasteiger partial charge is 0.383 e. The number of nitrogens with two attached hydrogens (primary N) is 1. The zero-order valence-electron chi connectivity index (χ0n) is 12.2. The van der Waals surface area contributed by atoms with Crippen LogP contribution in [0.1, 0.15) is 37.0 Å². The Morgan fingerprint density at radius 3 is 2.55 bits per heavy atom. The summed E-state index contributed by atoms with van der Waals surface area (Å²) >= 11 is 0. The fourth-order valence-electron chi connectivity index (χ4n) is 2.33. The average Bonchev–Trinajstić information content (AvgIpc) is 2.48. The lowest BCUT2D eigenvalue weighted by Crippen LogP contribution is -2.09. The van der Waals surface area contributed by atoms with Gasteiger partial charge in [0, 0.05) is 12.1 Å². The molecule has 3 N–H and O–H groups in total. The molecule has 2 aromatic rings. The molecule has 0 radical (unpaired) electrons. The lowest BCUT2D eigenvalue weighted by Gasteiger charge is -2.13. The third kappa shape index (κ3) is 3.26. The van der Waals surface area contributed by atoms with Crippen molar-refractivity contribution in [1.29, 1.82) is 0 Å². The van der Waals surface area contributed by atoms with Crippen LogP contribution in [0.3, 0.4) is 0 Å². The predicted molar refractivity (Wildman–Crippen MR) is 83.6 cm³/mol. The number of nitrogens with zero attached hydrogens (tertiary/aromatic N) is 2. The number of hydrogen-bond donors (Lipinski definition) is 2. The second-order valence-electron chi connectivity index (χ2n) is 4.81. The minimum absolute atomic E-state index is 0.577. The van der Waals surface area contributed by atoms with Gasteiger partial charge in [0.25, 0.3) is 0 Å². The number of nitrogen functional groups attached to an aromatic ring is 1. The molecule has 0 aliphatic carbocycles. The maximum atomic E-state index is 5.94. The summed E-state index contributed by atoms with van der Waals surface area (Å²) in [6.45, 7) is 5.06. The first-order valence-corrected chi connectivity index (χ1v) is 7.16. The summed E-state index contributed by atoms with van der Waals surface area (Å²) in [5.74, 6) is 1.43. The number of benzene rings is 1. The van der Waals surface area contributed by atoms with Gasteiger partial charge in [-0.05, 0) is 24.0 Å². The zero-order valence-corrected chi connectivity index (χ0v) is 12.2. The molecule has 1 heterocycles. The number of anilines is 2. The smallest absolute Gasteiger partial charge is 0.134 e. The molecule has 20 heavy (non-hydrogen) atoms. The summed E-state index contributed by atoms with van der Waals surface area (Å²) < 4.78 is 0. The minimum Gasteiger partial charge on any atom is -0.383 e. The zero-order chi connectivity index (χ0) is 14.4. The molecule has 0 bridgehead atoms. The normalized spacial score (nSPS) is 10.5. The van der Waals surface area contributed by atoms with Crippen LogP contribution < -0.4 is 11.1 Å². The van der Waals surface area contributed by atoms with Crippen molar-refractivity contribution in [1.82, 2.24) is 9.97 Å². The van der Waals surface area contributed by atoms with E-state index in [2.05, 4.69) is 53.4 Å².